The summed E-state index contributed by atoms with van der Waals surface area (Å²) in [4.78, 5) is 3.98. The molecule has 2 nitrogen and oxygen atoms in total. The van der Waals surface area contributed by atoms with Crippen LogP contribution in [-0.2, 0) is 6.54 Å². The summed E-state index contributed by atoms with van der Waals surface area (Å²) in [5, 5.41) is 3.47. The highest BCUT2D eigenvalue weighted by Crippen LogP contribution is 2.02. The summed E-state index contributed by atoms with van der Waals surface area (Å²) < 4.78 is 0. The minimum absolute atomic E-state index is 0.563. The van der Waals surface area contributed by atoms with E-state index in [2.05, 4.69) is 31.1 Å². The topological polar surface area (TPSA) is 24.9 Å². The van der Waals surface area contributed by atoms with Crippen LogP contribution in [0.3, 0.4) is 0 Å². The Morgan fingerprint density at radius 2 is 1.85 bits per heavy atom. The summed E-state index contributed by atoms with van der Waals surface area (Å²) in [5.41, 5.74) is 1.29. The number of hydrogen-bond donors (Lipinski definition) is 1. The van der Waals surface area contributed by atoms with Crippen LogP contribution in [0.4, 0.5) is 0 Å². The van der Waals surface area contributed by atoms with Gasteiger partial charge in [0.25, 0.3) is 0 Å². The largest absolute Gasteiger partial charge is 0.310 e. The maximum Gasteiger partial charge on any atom is 0.0271 e. The van der Waals surface area contributed by atoms with Gasteiger partial charge in [-0.25, -0.2) is 0 Å². The van der Waals surface area contributed by atoms with Gasteiger partial charge in [-0.05, 0) is 30.5 Å². The van der Waals surface area contributed by atoms with Crippen LogP contribution in [0, 0.1) is 5.92 Å². The Labute approximate surface area is 80.4 Å². The highest BCUT2D eigenvalue weighted by Gasteiger charge is 2.04. The molecule has 0 saturated heterocycles. The summed E-state index contributed by atoms with van der Waals surface area (Å²) in [5.74, 6) is 0.682. The Hall–Kier alpha value is -0.890. The molecule has 0 aromatic carbocycles. The first-order valence-electron chi connectivity index (χ1n) is 4.82. The predicted octanol–water partition coefficient (Wildman–Crippen LogP) is 2.22. The number of rotatable bonds is 4. The number of aromatic nitrogens is 1. The van der Waals surface area contributed by atoms with Crippen LogP contribution in [0.1, 0.15) is 26.3 Å². The molecule has 0 saturated carbocycles. The van der Waals surface area contributed by atoms with Crippen molar-refractivity contribution in [3.63, 3.8) is 0 Å². The highest BCUT2D eigenvalue weighted by atomic mass is 14.9. The molecular formula is C11H18N2. The van der Waals surface area contributed by atoms with Gasteiger partial charge in [0, 0.05) is 25.0 Å². The third-order valence-corrected chi connectivity index (χ3v) is 2.38. The SMILES string of the molecule is CC(C)C(C)NCc1ccncc1. The molecule has 1 atom stereocenters. The van der Waals surface area contributed by atoms with Crippen molar-refractivity contribution < 1.29 is 0 Å². The van der Waals surface area contributed by atoms with Crippen molar-refractivity contribution in [2.75, 3.05) is 0 Å². The zero-order valence-corrected chi connectivity index (χ0v) is 8.62. The molecule has 72 valence electrons. The molecule has 1 rings (SSSR count). The van der Waals surface area contributed by atoms with Crippen LogP contribution in [0.25, 0.3) is 0 Å². The molecule has 13 heavy (non-hydrogen) atoms. The third-order valence-electron chi connectivity index (χ3n) is 2.38. The Morgan fingerprint density at radius 3 is 2.38 bits per heavy atom. The van der Waals surface area contributed by atoms with Gasteiger partial charge in [-0.15, -0.1) is 0 Å². The number of pyridine rings is 1. The molecule has 0 spiro atoms. The lowest BCUT2D eigenvalue weighted by Gasteiger charge is -2.17. The van der Waals surface area contributed by atoms with Crippen LogP contribution in [0.5, 0.6) is 0 Å². The first-order chi connectivity index (χ1) is 6.20. The van der Waals surface area contributed by atoms with E-state index in [4.69, 9.17) is 0 Å². The van der Waals surface area contributed by atoms with E-state index in [0.717, 1.165) is 6.54 Å². The fraction of sp³-hybridized carbons (Fsp3) is 0.545. The van der Waals surface area contributed by atoms with E-state index in [1.54, 1.807) is 0 Å². The fourth-order valence-electron chi connectivity index (χ4n) is 1.02. The minimum atomic E-state index is 0.563. The van der Waals surface area contributed by atoms with Gasteiger partial charge >= 0.3 is 0 Å². The van der Waals surface area contributed by atoms with E-state index in [-0.39, 0.29) is 0 Å². The average Bonchev–Trinajstić information content (AvgIpc) is 2.15. The summed E-state index contributed by atoms with van der Waals surface area (Å²) in [7, 11) is 0. The highest BCUT2D eigenvalue weighted by molar-refractivity contribution is 5.09. The molecule has 0 radical (unpaired) electrons. The molecule has 1 aromatic rings. The van der Waals surface area contributed by atoms with Crippen LogP contribution in [0.2, 0.25) is 0 Å². The number of hydrogen-bond acceptors (Lipinski definition) is 2. The van der Waals surface area contributed by atoms with E-state index < -0.39 is 0 Å². The van der Waals surface area contributed by atoms with Gasteiger partial charge in [0.15, 0.2) is 0 Å². The van der Waals surface area contributed by atoms with Crippen molar-refractivity contribution >= 4 is 0 Å². The molecule has 1 heterocycles. The zero-order valence-electron chi connectivity index (χ0n) is 8.62. The molecule has 2 heteroatoms. The number of nitrogens with one attached hydrogen (secondary N) is 1. The smallest absolute Gasteiger partial charge is 0.0271 e. The van der Waals surface area contributed by atoms with Crippen molar-refractivity contribution in [3.8, 4) is 0 Å². The van der Waals surface area contributed by atoms with Gasteiger partial charge in [0.1, 0.15) is 0 Å². The van der Waals surface area contributed by atoms with E-state index in [1.807, 2.05) is 24.5 Å². The lowest BCUT2D eigenvalue weighted by Crippen LogP contribution is -2.30. The maximum absolute atomic E-state index is 3.98. The first kappa shape index (κ1) is 10.2. The van der Waals surface area contributed by atoms with E-state index in [9.17, 15) is 0 Å². The van der Waals surface area contributed by atoms with Crippen molar-refractivity contribution in [1.82, 2.24) is 10.3 Å². The standard InChI is InChI=1S/C11H18N2/c1-9(2)10(3)13-8-11-4-6-12-7-5-11/h4-7,9-10,13H,8H2,1-3H3. The Balaban J connectivity index is 2.35. The van der Waals surface area contributed by atoms with Crippen molar-refractivity contribution in [2.45, 2.75) is 33.4 Å². The summed E-state index contributed by atoms with van der Waals surface area (Å²) in [6.45, 7) is 7.60. The maximum atomic E-state index is 3.98. The first-order valence-corrected chi connectivity index (χ1v) is 4.82. The molecule has 1 N–H and O–H groups in total. The van der Waals surface area contributed by atoms with Gasteiger partial charge in [0.2, 0.25) is 0 Å². The molecular weight excluding hydrogens is 160 g/mol. The van der Waals surface area contributed by atoms with Crippen molar-refractivity contribution in [2.24, 2.45) is 5.92 Å². The van der Waals surface area contributed by atoms with E-state index in [0.29, 0.717) is 12.0 Å². The Kier molecular flexibility index (Phi) is 3.90. The normalized spacial score (nSPS) is 13.2. The van der Waals surface area contributed by atoms with Crippen LogP contribution >= 0.6 is 0 Å². The summed E-state index contributed by atoms with van der Waals surface area (Å²) in [6, 6.07) is 4.65. The van der Waals surface area contributed by atoms with E-state index in [1.165, 1.54) is 5.56 Å². The van der Waals surface area contributed by atoms with Crippen molar-refractivity contribution in [1.29, 1.82) is 0 Å². The second-order valence-electron chi connectivity index (χ2n) is 3.77. The fourth-order valence-corrected chi connectivity index (χ4v) is 1.02. The van der Waals surface area contributed by atoms with Gasteiger partial charge in [-0.3, -0.25) is 4.98 Å². The lowest BCUT2D eigenvalue weighted by atomic mass is 10.1. The zero-order chi connectivity index (χ0) is 9.68. The Morgan fingerprint density at radius 1 is 1.23 bits per heavy atom. The Bertz CT molecular complexity index is 231. The summed E-state index contributed by atoms with van der Waals surface area (Å²) in [6.07, 6.45) is 3.66. The monoisotopic (exact) mass is 178 g/mol. The van der Waals surface area contributed by atoms with Crippen LogP contribution < -0.4 is 5.32 Å². The van der Waals surface area contributed by atoms with Crippen LogP contribution in [-0.4, -0.2) is 11.0 Å². The molecule has 0 amide bonds. The quantitative estimate of drug-likeness (QED) is 0.764. The average molecular weight is 178 g/mol. The molecule has 0 bridgehead atoms. The third kappa shape index (κ3) is 3.55. The lowest BCUT2D eigenvalue weighted by molar-refractivity contribution is 0.426. The predicted molar refractivity (Wildman–Crippen MR) is 55.4 cm³/mol. The van der Waals surface area contributed by atoms with Crippen LogP contribution in [0.15, 0.2) is 24.5 Å². The van der Waals surface area contributed by atoms with Crippen molar-refractivity contribution in [3.05, 3.63) is 30.1 Å². The second kappa shape index (κ2) is 4.97. The number of nitrogens with zero attached hydrogens (tertiary/aromatic N) is 1. The van der Waals surface area contributed by atoms with Gasteiger partial charge in [0.05, 0.1) is 0 Å². The van der Waals surface area contributed by atoms with Gasteiger partial charge in [-0.1, -0.05) is 13.8 Å². The molecule has 0 aliphatic carbocycles. The molecule has 0 fully saturated rings. The molecule has 0 aliphatic rings. The van der Waals surface area contributed by atoms with E-state index >= 15 is 0 Å². The molecule has 0 aliphatic heterocycles. The second-order valence-corrected chi connectivity index (χ2v) is 3.77. The molecule has 1 unspecified atom stereocenters. The van der Waals surface area contributed by atoms with Gasteiger partial charge < -0.3 is 5.32 Å². The molecule has 1 aromatic heterocycles. The minimum Gasteiger partial charge on any atom is -0.310 e. The van der Waals surface area contributed by atoms with Gasteiger partial charge in [-0.2, -0.15) is 0 Å². The summed E-state index contributed by atoms with van der Waals surface area (Å²) >= 11 is 0.